The van der Waals surface area contributed by atoms with Gasteiger partial charge < -0.3 is 19.9 Å². The van der Waals surface area contributed by atoms with Gasteiger partial charge in [0.2, 0.25) is 0 Å². The molecule has 0 fully saturated rings. The lowest BCUT2D eigenvalue weighted by Crippen LogP contribution is -2.13. The average Bonchev–Trinajstić information content (AvgIpc) is 2.70. The number of hydrogen-bond acceptors (Lipinski definition) is 5. The number of alkyl halides is 3. The Balaban J connectivity index is 1.80. The smallest absolute Gasteiger partial charge is 0.416 e. The van der Waals surface area contributed by atoms with E-state index in [1.54, 1.807) is 24.3 Å². The predicted octanol–water partition coefficient (Wildman–Crippen LogP) is 4.42. The molecule has 2 N–H and O–H groups in total. The van der Waals surface area contributed by atoms with Crippen LogP contribution < -0.4 is 14.8 Å². The van der Waals surface area contributed by atoms with E-state index in [2.05, 4.69) is 10.3 Å². The fraction of sp³-hybridized carbons (Fsp3) is 0.250. The molecule has 0 saturated carbocycles. The highest BCUT2D eigenvalue weighted by atomic mass is 19.4. The number of rotatable bonds is 6. The van der Waals surface area contributed by atoms with Crippen LogP contribution >= 0.6 is 0 Å². The Kier molecular flexibility index (Phi) is 5.60. The lowest BCUT2D eigenvalue weighted by molar-refractivity contribution is -0.137. The molecule has 1 aromatic heterocycles. The van der Waals surface area contributed by atoms with Crippen LogP contribution in [0.3, 0.4) is 0 Å². The van der Waals surface area contributed by atoms with Gasteiger partial charge in [-0.05, 0) is 35.9 Å². The Hall–Kier alpha value is -3.00. The van der Waals surface area contributed by atoms with Gasteiger partial charge in [0, 0.05) is 23.8 Å². The molecular weight excluding hydrogens is 373 g/mol. The molecule has 0 aliphatic rings. The number of fused-ring (bicyclic) bond motifs is 1. The molecule has 1 heterocycles. The van der Waals surface area contributed by atoms with Gasteiger partial charge in [-0.2, -0.15) is 13.2 Å². The molecule has 3 aromatic rings. The van der Waals surface area contributed by atoms with E-state index in [1.165, 1.54) is 26.5 Å². The fourth-order valence-electron chi connectivity index (χ4n) is 2.86. The predicted molar refractivity (Wildman–Crippen MR) is 99.7 cm³/mol. The molecule has 2 aromatic carbocycles. The lowest BCUT2D eigenvalue weighted by atomic mass is 10.1. The summed E-state index contributed by atoms with van der Waals surface area (Å²) in [5.74, 6) is 1.04. The summed E-state index contributed by atoms with van der Waals surface area (Å²) in [7, 11) is 3.03. The molecule has 3 rings (SSSR count). The van der Waals surface area contributed by atoms with Crippen LogP contribution in [0.2, 0.25) is 0 Å². The van der Waals surface area contributed by atoms with Crippen LogP contribution in [-0.2, 0) is 6.18 Å². The summed E-state index contributed by atoms with van der Waals surface area (Å²) >= 11 is 0. The highest BCUT2D eigenvalue weighted by molar-refractivity contribution is 5.91. The number of aromatic nitrogens is 1. The Labute approximate surface area is 159 Å². The Morgan fingerprint density at radius 3 is 2.46 bits per heavy atom. The zero-order chi connectivity index (χ0) is 20.3. The van der Waals surface area contributed by atoms with Gasteiger partial charge in [0.15, 0.2) is 11.5 Å². The van der Waals surface area contributed by atoms with E-state index in [-0.39, 0.29) is 12.1 Å². The number of hydrogen-bond donors (Lipinski definition) is 2. The minimum absolute atomic E-state index is 0.148. The van der Waals surface area contributed by atoms with Crippen LogP contribution in [0.25, 0.3) is 10.9 Å². The minimum atomic E-state index is -4.43. The number of nitrogens with one attached hydrogen (secondary N) is 1. The highest BCUT2D eigenvalue weighted by Crippen LogP contribution is 2.33. The molecule has 0 radical (unpaired) electrons. The van der Waals surface area contributed by atoms with Crippen molar-refractivity contribution < 1.29 is 27.8 Å². The molecule has 148 valence electrons. The SMILES string of the molecule is COc1ccc(C(O)CNc2ccnc3cc(C(F)(F)F)ccc23)cc1OC. The standard InChI is InChI=1S/C20H19F3N2O3/c1-27-18-6-3-12(9-19(18)28-2)17(26)11-25-15-7-8-24-16-10-13(20(21,22)23)4-5-14(15)16/h3-10,17,26H,11H2,1-2H3,(H,24,25). The van der Waals surface area contributed by atoms with E-state index in [9.17, 15) is 18.3 Å². The first-order valence-electron chi connectivity index (χ1n) is 8.43. The summed E-state index contributed by atoms with van der Waals surface area (Å²) in [6.45, 7) is 0.148. The topological polar surface area (TPSA) is 63.6 Å². The van der Waals surface area contributed by atoms with Crippen molar-refractivity contribution in [3.63, 3.8) is 0 Å². The number of benzene rings is 2. The molecule has 0 amide bonds. The van der Waals surface area contributed by atoms with Gasteiger partial charge >= 0.3 is 6.18 Å². The van der Waals surface area contributed by atoms with Crippen molar-refractivity contribution in [3.05, 3.63) is 59.8 Å². The lowest BCUT2D eigenvalue weighted by Gasteiger charge is -2.16. The number of pyridine rings is 1. The normalized spacial score (nSPS) is 12.6. The molecule has 1 unspecified atom stereocenters. The number of aliphatic hydroxyl groups excluding tert-OH is 1. The summed E-state index contributed by atoms with van der Waals surface area (Å²) in [5, 5.41) is 14.1. The fourth-order valence-corrected chi connectivity index (χ4v) is 2.86. The van der Waals surface area contributed by atoms with Crippen molar-refractivity contribution in [2.24, 2.45) is 0 Å². The third kappa shape index (κ3) is 4.12. The summed E-state index contributed by atoms with van der Waals surface area (Å²) in [6, 6.07) is 10.1. The number of methoxy groups -OCH3 is 2. The second-order valence-electron chi connectivity index (χ2n) is 6.10. The van der Waals surface area contributed by atoms with Gasteiger partial charge in [0.25, 0.3) is 0 Å². The van der Waals surface area contributed by atoms with E-state index >= 15 is 0 Å². The molecule has 1 atom stereocenters. The molecule has 5 nitrogen and oxygen atoms in total. The summed E-state index contributed by atoms with van der Waals surface area (Å²) < 4.78 is 49.0. The van der Waals surface area contributed by atoms with Crippen LogP contribution in [0.1, 0.15) is 17.2 Å². The Morgan fingerprint density at radius 2 is 1.79 bits per heavy atom. The first-order chi connectivity index (χ1) is 13.3. The van der Waals surface area contributed by atoms with Gasteiger partial charge in [0.1, 0.15) is 0 Å². The van der Waals surface area contributed by atoms with Crippen LogP contribution in [-0.4, -0.2) is 30.9 Å². The van der Waals surface area contributed by atoms with E-state index in [1.807, 2.05) is 0 Å². The molecule has 0 aliphatic carbocycles. The first kappa shape index (κ1) is 19.8. The second kappa shape index (κ2) is 7.93. The monoisotopic (exact) mass is 392 g/mol. The quantitative estimate of drug-likeness (QED) is 0.650. The summed E-state index contributed by atoms with van der Waals surface area (Å²) in [5.41, 5.74) is 0.663. The molecule has 0 saturated heterocycles. The van der Waals surface area contributed by atoms with Gasteiger partial charge in [-0.25, -0.2) is 0 Å². The molecule has 8 heteroatoms. The molecule has 28 heavy (non-hydrogen) atoms. The highest BCUT2D eigenvalue weighted by Gasteiger charge is 2.30. The van der Waals surface area contributed by atoms with Crippen molar-refractivity contribution in [3.8, 4) is 11.5 Å². The van der Waals surface area contributed by atoms with E-state index < -0.39 is 17.8 Å². The van der Waals surface area contributed by atoms with Gasteiger partial charge in [-0.15, -0.1) is 0 Å². The van der Waals surface area contributed by atoms with Crippen molar-refractivity contribution >= 4 is 16.6 Å². The molecular formula is C20H19F3N2O3. The largest absolute Gasteiger partial charge is 0.493 e. The third-order valence-corrected chi connectivity index (χ3v) is 4.35. The van der Waals surface area contributed by atoms with Crippen LogP contribution in [0.15, 0.2) is 48.7 Å². The zero-order valence-electron chi connectivity index (χ0n) is 15.2. The Bertz CT molecular complexity index is 977. The van der Waals surface area contributed by atoms with E-state index in [0.717, 1.165) is 12.1 Å². The minimum Gasteiger partial charge on any atom is -0.493 e. The maximum absolute atomic E-state index is 12.9. The van der Waals surface area contributed by atoms with Gasteiger partial charge in [-0.3, -0.25) is 4.98 Å². The third-order valence-electron chi connectivity index (χ3n) is 4.35. The second-order valence-corrected chi connectivity index (χ2v) is 6.10. The van der Waals surface area contributed by atoms with Gasteiger partial charge in [0.05, 0.1) is 31.4 Å². The van der Waals surface area contributed by atoms with Crippen LogP contribution in [0.5, 0.6) is 11.5 Å². The number of aliphatic hydroxyl groups is 1. The number of nitrogens with zero attached hydrogens (tertiary/aromatic N) is 1. The maximum atomic E-state index is 12.9. The van der Waals surface area contributed by atoms with Gasteiger partial charge in [-0.1, -0.05) is 12.1 Å². The summed E-state index contributed by atoms with van der Waals surface area (Å²) in [6.07, 6.45) is -3.87. The molecule has 0 bridgehead atoms. The first-order valence-corrected chi connectivity index (χ1v) is 8.43. The van der Waals surface area contributed by atoms with Crippen molar-refractivity contribution in [1.29, 1.82) is 0 Å². The number of ether oxygens (including phenoxy) is 2. The molecule has 0 aliphatic heterocycles. The van der Waals surface area contributed by atoms with Crippen molar-refractivity contribution in [2.45, 2.75) is 12.3 Å². The number of halogens is 3. The zero-order valence-corrected chi connectivity index (χ0v) is 15.2. The van der Waals surface area contributed by atoms with E-state index in [4.69, 9.17) is 9.47 Å². The van der Waals surface area contributed by atoms with Crippen molar-refractivity contribution in [1.82, 2.24) is 4.98 Å². The van der Waals surface area contributed by atoms with Crippen LogP contribution in [0, 0.1) is 0 Å². The van der Waals surface area contributed by atoms with Crippen LogP contribution in [0.4, 0.5) is 18.9 Å². The maximum Gasteiger partial charge on any atom is 0.416 e. The molecule has 0 spiro atoms. The van der Waals surface area contributed by atoms with Crippen molar-refractivity contribution in [2.75, 3.05) is 26.1 Å². The number of anilines is 1. The average molecular weight is 392 g/mol. The summed E-state index contributed by atoms with van der Waals surface area (Å²) in [4.78, 5) is 4.01. The van der Waals surface area contributed by atoms with E-state index in [0.29, 0.717) is 28.1 Å². The Morgan fingerprint density at radius 1 is 1.04 bits per heavy atom.